The number of carbonyl (C=O) groups is 3. The van der Waals surface area contributed by atoms with Gasteiger partial charge in [0, 0.05) is 5.54 Å². The third-order valence-corrected chi connectivity index (χ3v) is 1.88. The van der Waals surface area contributed by atoms with Gasteiger partial charge in [0.25, 0.3) is 5.91 Å². The summed E-state index contributed by atoms with van der Waals surface area (Å²) in [5.74, 6) is -1.39. The largest absolute Gasteiger partial charge is 0.454 e. The van der Waals surface area contributed by atoms with Crippen molar-refractivity contribution in [2.24, 2.45) is 0 Å². The van der Waals surface area contributed by atoms with Gasteiger partial charge in [0.2, 0.25) is 0 Å². The van der Waals surface area contributed by atoms with Crippen molar-refractivity contribution in [3.05, 3.63) is 12.7 Å². The van der Waals surface area contributed by atoms with Gasteiger partial charge in [0.05, 0.1) is 6.61 Å². The Morgan fingerprint density at radius 2 is 1.90 bits per heavy atom. The molecule has 0 aromatic heterocycles. The van der Waals surface area contributed by atoms with Gasteiger partial charge >= 0.3 is 12.0 Å². The van der Waals surface area contributed by atoms with Crippen LogP contribution in [-0.4, -0.2) is 42.8 Å². The minimum absolute atomic E-state index is 0.205. The van der Waals surface area contributed by atoms with E-state index in [4.69, 9.17) is 9.47 Å². The minimum Gasteiger partial charge on any atom is -0.454 e. The summed E-state index contributed by atoms with van der Waals surface area (Å²) in [6, 6.07) is -0.644. The summed E-state index contributed by atoms with van der Waals surface area (Å²) >= 11 is 0. The van der Waals surface area contributed by atoms with Gasteiger partial charge in [-0.15, -0.1) is 6.58 Å². The monoisotopic (exact) mass is 286 g/mol. The summed E-state index contributed by atoms with van der Waals surface area (Å²) in [6.07, 6.45) is 0.692. The first-order chi connectivity index (χ1) is 9.15. The number of esters is 1. The second-order valence-electron chi connectivity index (χ2n) is 5.12. The van der Waals surface area contributed by atoms with E-state index >= 15 is 0 Å². The second-order valence-corrected chi connectivity index (χ2v) is 5.12. The lowest BCUT2D eigenvalue weighted by Crippen LogP contribution is -2.49. The average Bonchev–Trinajstić information content (AvgIpc) is 2.30. The van der Waals surface area contributed by atoms with Crippen molar-refractivity contribution in [3.63, 3.8) is 0 Å². The molecule has 0 rings (SSSR count). The molecule has 0 aromatic carbocycles. The lowest BCUT2D eigenvalue weighted by Gasteiger charge is -2.20. The van der Waals surface area contributed by atoms with Crippen LogP contribution < -0.4 is 10.6 Å². The zero-order chi connectivity index (χ0) is 15.8. The van der Waals surface area contributed by atoms with Crippen molar-refractivity contribution in [3.8, 4) is 0 Å². The fourth-order valence-electron chi connectivity index (χ4n) is 1.07. The fraction of sp³-hybridized carbons (Fsp3) is 0.615. The molecule has 0 fully saturated rings. The van der Waals surface area contributed by atoms with Crippen LogP contribution >= 0.6 is 0 Å². The van der Waals surface area contributed by atoms with E-state index in [2.05, 4.69) is 17.2 Å². The normalized spacial score (nSPS) is 12.2. The summed E-state index contributed by atoms with van der Waals surface area (Å²) in [7, 11) is 0. The molecule has 3 amide bonds. The molecule has 0 aromatic rings. The smallest absolute Gasteiger partial charge is 0.335 e. The molecule has 0 spiro atoms. The lowest BCUT2D eigenvalue weighted by molar-refractivity contribution is -0.158. The van der Waals surface area contributed by atoms with Crippen molar-refractivity contribution in [2.45, 2.75) is 39.3 Å². The molecule has 7 nitrogen and oxygen atoms in total. The van der Waals surface area contributed by atoms with Crippen LogP contribution in [0.3, 0.4) is 0 Å². The van der Waals surface area contributed by atoms with Gasteiger partial charge in [-0.05, 0) is 27.7 Å². The van der Waals surface area contributed by atoms with Crippen LogP contribution in [-0.2, 0) is 19.1 Å². The first kappa shape index (κ1) is 18.1. The number of hydrogen-bond donors (Lipinski definition) is 2. The number of carbonyl (C=O) groups excluding carboxylic acids is 3. The SMILES string of the molecule is C=CCOC(C)C(=O)OCC(=O)NC(=O)NC(C)(C)C. The maximum Gasteiger partial charge on any atom is 0.335 e. The van der Waals surface area contributed by atoms with E-state index in [-0.39, 0.29) is 6.61 Å². The summed E-state index contributed by atoms with van der Waals surface area (Å²) < 4.78 is 9.73. The summed E-state index contributed by atoms with van der Waals surface area (Å²) in [5, 5.41) is 4.59. The quantitative estimate of drug-likeness (QED) is 0.555. The van der Waals surface area contributed by atoms with E-state index in [1.807, 2.05) is 0 Å². The molecule has 0 aliphatic rings. The van der Waals surface area contributed by atoms with E-state index in [0.29, 0.717) is 0 Å². The number of imide groups is 1. The Bertz CT molecular complexity index is 373. The van der Waals surface area contributed by atoms with E-state index in [1.54, 1.807) is 20.8 Å². The lowest BCUT2D eigenvalue weighted by atomic mass is 10.1. The maximum absolute atomic E-state index is 11.4. The molecular formula is C13H22N2O5. The molecule has 1 unspecified atom stereocenters. The van der Waals surface area contributed by atoms with Crippen LogP contribution in [0.25, 0.3) is 0 Å². The zero-order valence-electron chi connectivity index (χ0n) is 12.3. The highest BCUT2D eigenvalue weighted by molar-refractivity contribution is 5.95. The molecular weight excluding hydrogens is 264 g/mol. The van der Waals surface area contributed by atoms with Gasteiger partial charge in [-0.3, -0.25) is 10.1 Å². The Kier molecular flexibility index (Phi) is 7.53. The first-order valence-electron chi connectivity index (χ1n) is 6.17. The van der Waals surface area contributed by atoms with Gasteiger partial charge in [-0.2, -0.15) is 0 Å². The summed E-state index contributed by atoms with van der Waals surface area (Å²) in [5.41, 5.74) is -0.464. The molecule has 0 bridgehead atoms. The number of rotatable bonds is 6. The number of hydrogen-bond acceptors (Lipinski definition) is 5. The molecule has 2 N–H and O–H groups in total. The topological polar surface area (TPSA) is 93.7 Å². The third-order valence-electron chi connectivity index (χ3n) is 1.88. The van der Waals surface area contributed by atoms with Crippen molar-refractivity contribution < 1.29 is 23.9 Å². The molecule has 20 heavy (non-hydrogen) atoms. The summed E-state index contributed by atoms with van der Waals surface area (Å²) in [4.78, 5) is 34.1. The van der Waals surface area contributed by atoms with Gasteiger partial charge < -0.3 is 14.8 Å². The predicted molar refractivity (Wildman–Crippen MR) is 73.0 cm³/mol. The highest BCUT2D eigenvalue weighted by atomic mass is 16.6. The number of amides is 3. The molecule has 0 saturated heterocycles. The Labute approximate surface area is 118 Å². The number of urea groups is 1. The summed E-state index contributed by atoms with van der Waals surface area (Å²) in [6.45, 7) is 9.92. The van der Waals surface area contributed by atoms with Gasteiger partial charge in [0.1, 0.15) is 0 Å². The van der Waals surface area contributed by atoms with Crippen molar-refractivity contribution >= 4 is 17.9 Å². The third kappa shape index (κ3) is 9.09. The van der Waals surface area contributed by atoms with Crippen molar-refractivity contribution in [1.29, 1.82) is 0 Å². The Morgan fingerprint density at radius 1 is 1.30 bits per heavy atom. The Hall–Kier alpha value is -1.89. The Balaban J connectivity index is 4.01. The van der Waals surface area contributed by atoms with Crippen LogP contribution in [0.15, 0.2) is 12.7 Å². The average molecular weight is 286 g/mol. The van der Waals surface area contributed by atoms with Crippen LogP contribution in [0.4, 0.5) is 4.79 Å². The number of nitrogens with one attached hydrogen (secondary N) is 2. The van der Waals surface area contributed by atoms with Crippen molar-refractivity contribution in [2.75, 3.05) is 13.2 Å². The molecule has 1 atom stereocenters. The van der Waals surface area contributed by atoms with Gasteiger partial charge in [-0.1, -0.05) is 6.08 Å². The van der Waals surface area contributed by atoms with Gasteiger partial charge in [-0.25, -0.2) is 9.59 Å². The van der Waals surface area contributed by atoms with Crippen LogP contribution in [0, 0.1) is 0 Å². The molecule has 0 aliphatic carbocycles. The predicted octanol–water partition coefficient (Wildman–Crippen LogP) is 0.745. The van der Waals surface area contributed by atoms with E-state index < -0.39 is 36.2 Å². The van der Waals surface area contributed by atoms with E-state index in [9.17, 15) is 14.4 Å². The molecule has 0 radical (unpaired) electrons. The second kappa shape index (κ2) is 8.31. The van der Waals surface area contributed by atoms with E-state index in [0.717, 1.165) is 0 Å². The highest BCUT2D eigenvalue weighted by Crippen LogP contribution is 1.97. The van der Waals surface area contributed by atoms with Gasteiger partial charge in [0.15, 0.2) is 12.7 Å². The van der Waals surface area contributed by atoms with Crippen LogP contribution in [0.2, 0.25) is 0 Å². The molecule has 0 heterocycles. The fourth-order valence-corrected chi connectivity index (χ4v) is 1.07. The maximum atomic E-state index is 11.4. The van der Waals surface area contributed by atoms with Crippen LogP contribution in [0.1, 0.15) is 27.7 Å². The minimum atomic E-state index is -0.802. The first-order valence-corrected chi connectivity index (χ1v) is 6.17. The molecule has 7 heteroatoms. The van der Waals surface area contributed by atoms with Crippen LogP contribution in [0.5, 0.6) is 0 Å². The number of ether oxygens (including phenoxy) is 2. The molecule has 114 valence electrons. The standard InChI is InChI=1S/C13H22N2O5/c1-6-7-19-9(2)11(17)20-8-10(16)14-12(18)15-13(3,4)5/h6,9H,1,7-8H2,2-5H3,(H2,14,15,16,18). The molecule has 0 aliphatic heterocycles. The molecule has 0 saturated carbocycles. The van der Waals surface area contributed by atoms with E-state index in [1.165, 1.54) is 13.0 Å². The highest BCUT2D eigenvalue weighted by Gasteiger charge is 2.18. The van der Waals surface area contributed by atoms with Crippen molar-refractivity contribution in [1.82, 2.24) is 10.6 Å². The Morgan fingerprint density at radius 3 is 2.40 bits per heavy atom. The zero-order valence-corrected chi connectivity index (χ0v) is 12.3.